The molecule has 0 aliphatic carbocycles. The summed E-state index contributed by atoms with van der Waals surface area (Å²) in [4.78, 5) is 14.6. The lowest BCUT2D eigenvalue weighted by molar-refractivity contribution is -0.132. The van der Waals surface area contributed by atoms with Crippen LogP contribution in [-0.2, 0) is 26.2 Å². The topological polar surface area (TPSA) is 72.9 Å². The minimum absolute atomic E-state index is 0.158. The summed E-state index contributed by atoms with van der Waals surface area (Å²) < 4.78 is 32.4. The van der Waals surface area contributed by atoms with Crippen LogP contribution in [0.25, 0.3) is 0 Å². The molecule has 0 aliphatic rings. The zero-order chi connectivity index (χ0) is 21.5. The van der Waals surface area contributed by atoms with E-state index in [1.54, 1.807) is 31.4 Å². The Bertz CT molecular complexity index is 673. The van der Waals surface area contributed by atoms with Crippen molar-refractivity contribution in [2.75, 3.05) is 26.5 Å². The molecular formula is C22H37NO5S. The minimum atomic E-state index is -3.54. The molecule has 0 unspecified atom stereocenters. The molecule has 0 saturated carbocycles. The van der Waals surface area contributed by atoms with Gasteiger partial charge in [-0.15, -0.1) is 0 Å². The van der Waals surface area contributed by atoms with Crippen LogP contribution < -0.4 is 4.18 Å². The maximum absolute atomic E-state index is 12.7. The van der Waals surface area contributed by atoms with Gasteiger partial charge in [-0.2, -0.15) is 8.42 Å². The fourth-order valence-electron chi connectivity index (χ4n) is 3.13. The number of hydrogen-bond donors (Lipinski definition) is 0. The number of benzene rings is 1. The van der Waals surface area contributed by atoms with Gasteiger partial charge in [0.25, 0.3) is 0 Å². The average molecular weight is 428 g/mol. The highest BCUT2D eigenvalue weighted by molar-refractivity contribution is 7.86. The second-order valence-corrected chi connectivity index (χ2v) is 9.04. The Hall–Kier alpha value is -1.60. The van der Waals surface area contributed by atoms with Crippen molar-refractivity contribution < 1.29 is 22.1 Å². The molecule has 6 nitrogen and oxygen atoms in total. The van der Waals surface area contributed by atoms with E-state index in [0.29, 0.717) is 26.1 Å². The highest BCUT2D eigenvalue weighted by atomic mass is 32.2. The van der Waals surface area contributed by atoms with Gasteiger partial charge in [-0.05, 0) is 30.5 Å². The summed E-state index contributed by atoms with van der Waals surface area (Å²) in [6.45, 7) is 3.97. The standard InChI is InChI=1S/C22H37NO5S/c1-4-5-6-7-8-9-10-12-22(24)23(17-11-18-27-2)19-20-13-15-21(16-14-20)28-29(3,25)26/h13-16H,4-12,17-19H2,1-3H3. The first-order valence-corrected chi connectivity index (χ1v) is 12.4. The van der Waals surface area contributed by atoms with Crippen LogP contribution in [0.4, 0.5) is 0 Å². The first-order valence-electron chi connectivity index (χ1n) is 10.6. The molecule has 29 heavy (non-hydrogen) atoms. The molecule has 0 aromatic heterocycles. The number of carbonyl (C=O) groups excluding carboxylic acids is 1. The van der Waals surface area contributed by atoms with Crippen molar-refractivity contribution in [1.29, 1.82) is 0 Å². The zero-order valence-corrected chi connectivity index (χ0v) is 19.0. The van der Waals surface area contributed by atoms with Crippen LogP contribution in [0.5, 0.6) is 5.75 Å². The maximum atomic E-state index is 12.7. The number of carbonyl (C=O) groups is 1. The van der Waals surface area contributed by atoms with E-state index in [9.17, 15) is 13.2 Å². The van der Waals surface area contributed by atoms with Crippen LogP contribution in [0, 0.1) is 0 Å². The van der Waals surface area contributed by atoms with E-state index >= 15 is 0 Å². The molecule has 0 atom stereocenters. The highest BCUT2D eigenvalue weighted by Crippen LogP contribution is 2.17. The summed E-state index contributed by atoms with van der Waals surface area (Å²) in [7, 11) is -1.88. The van der Waals surface area contributed by atoms with E-state index < -0.39 is 10.1 Å². The van der Waals surface area contributed by atoms with E-state index in [0.717, 1.165) is 31.1 Å². The molecular weight excluding hydrogens is 390 g/mol. The van der Waals surface area contributed by atoms with Gasteiger partial charge in [-0.1, -0.05) is 57.6 Å². The Kier molecular flexibility index (Phi) is 12.6. The lowest BCUT2D eigenvalue weighted by atomic mass is 10.1. The monoisotopic (exact) mass is 427 g/mol. The molecule has 1 aromatic carbocycles. The lowest BCUT2D eigenvalue weighted by Crippen LogP contribution is -2.31. The molecule has 0 fully saturated rings. The molecule has 7 heteroatoms. The summed E-state index contributed by atoms with van der Waals surface area (Å²) in [6, 6.07) is 6.82. The minimum Gasteiger partial charge on any atom is -0.385 e. The molecule has 0 saturated heterocycles. The Labute approximate surface area is 176 Å². The molecule has 1 rings (SSSR count). The first kappa shape index (κ1) is 25.4. The number of nitrogens with zero attached hydrogens (tertiary/aromatic N) is 1. The van der Waals surface area contributed by atoms with Gasteiger partial charge in [-0.3, -0.25) is 4.79 Å². The maximum Gasteiger partial charge on any atom is 0.306 e. The van der Waals surface area contributed by atoms with Gasteiger partial charge >= 0.3 is 10.1 Å². The summed E-state index contributed by atoms with van der Waals surface area (Å²) in [5.41, 5.74) is 0.941. The Balaban J connectivity index is 2.54. The van der Waals surface area contributed by atoms with E-state index in [1.807, 2.05) is 4.90 Å². The van der Waals surface area contributed by atoms with Gasteiger partial charge in [0.2, 0.25) is 5.91 Å². The number of hydrogen-bond acceptors (Lipinski definition) is 5. The number of amides is 1. The van der Waals surface area contributed by atoms with Crippen LogP contribution >= 0.6 is 0 Å². The molecule has 1 aromatic rings. The molecule has 1 amide bonds. The third-order valence-electron chi connectivity index (χ3n) is 4.67. The number of rotatable bonds is 16. The van der Waals surface area contributed by atoms with Crippen molar-refractivity contribution in [3.05, 3.63) is 29.8 Å². The number of unbranched alkanes of at least 4 members (excludes halogenated alkanes) is 6. The van der Waals surface area contributed by atoms with Gasteiger partial charge in [-0.25, -0.2) is 0 Å². The van der Waals surface area contributed by atoms with Crippen LogP contribution in [0.15, 0.2) is 24.3 Å². The third-order valence-corrected chi connectivity index (χ3v) is 5.16. The summed E-state index contributed by atoms with van der Waals surface area (Å²) in [6.07, 6.45) is 10.7. The molecule has 0 N–H and O–H groups in total. The smallest absolute Gasteiger partial charge is 0.306 e. The van der Waals surface area contributed by atoms with Crippen LogP contribution in [0.3, 0.4) is 0 Å². The number of ether oxygens (including phenoxy) is 1. The second kappa shape index (κ2) is 14.4. The normalized spacial score (nSPS) is 11.4. The van der Waals surface area contributed by atoms with Gasteiger partial charge in [0, 0.05) is 33.2 Å². The van der Waals surface area contributed by atoms with Gasteiger partial charge in [0.15, 0.2) is 0 Å². The van der Waals surface area contributed by atoms with Gasteiger partial charge < -0.3 is 13.8 Å². The molecule has 0 aliphatic heterocycles. The summed E-state index contributed by atoms with van der Waals surface area (Å²) in [5.74, 6) is 0.433. The van der Waals surface area contributed by atoms with Crippen molar-refractivity contribution >= 4 is 16.0 Å². The predicted octanol–water partition coefficient (Wildman–Crippen LogP) is 4.53. The first-order chi connectivity index (χ1) is 13.9. The molecule has 0 heterocycles. The summed E-state index contributed by atoms with van der Waals surface area (Å²) >= 11 is 0. The fourth-order valence-corrected chi connectivity index (χ4v) is 3.59. The van der Waals surface area contributed by atoms with Crippen molar-refractivity contribution in [2.24, 2.45) is 0 Å². The summed E-state index contributed by atoms with van der Waals surface area (Å²) in [5, 5.41) is 0. The largest absolute Gasteiger partial charge is 0.385 e. The van der Waals surface area contributed by atoms with E-state index in [1.165, 1.54) is 32.1 Å². The highest BCUT2D eigenvalue weighted by Gasteiger charge is 2.14. The van der Waals surface area contributed by atoms with E-state index in [2.05, 4.69) is 6.92 Å². The van der Waals surface area contributed by atoms with Gasteiger partial charge in [0.05, 0.1) is 6.26 Å². The SMILES string of the molecule is CCCCCCCCCC(=O)N(CCCOC)Cc1ccc(OS(C)(=O)=O)cc1. The quantitative estimate of drug-likeness (QED) is 0.286. The average Bonchev–Trinajstić information content (AvgIpc) is 2.66. The lowest BCUT2D eigenvalue weighted by Gasteiger charge is -2.23. The zero-order valence-electron chi connectivity index (χ0n) is 18.2. The van der Waals surface area contributed by atoms with Crippen LogP contribution in [0.2, 0.25) is 0 Å². The van der Waals surface area contributed by atoms with Crippen molar-refractivity contribution in [3.63, 3.8) is 0 Å². The molecule has 0 radical (unpaired) electrons. The third kappa shape index (κ3) is 12.5. The Morgan fingerprint density at radius 2 is 1.59 bits per heavy atom. The van der Waals surface area contributed by atoms with Gasteiger partial charge in [0.1, 0.15) is 5.75 Å². The fraction of sp³-hybridized carbons (Fsp3) is 0.682. The molecule has 0 spiro atoms. The van der Waals surface area contributed by atoms with Crippen LogP contribution in [0.1, 0.15) is 70.3 Å². The number of methoxy groups -OCH3 is 1. The van der Waals surface area contributed by atoms with Crippen molar-refractivity contribution in [1.82, 2.24) is 4.90 Å². The second-order valence-electron chi connectivity index (χ2n) is 7.46. The van der Waals surface area contributed by atoms with E-state index in [-0.39, 0.29) is 11.7 Å². The van der Waals surface area contributed by atoms with Crippen molar-refractivity contribution in [2.45, 2.75) is 71.3 Å². The Morgan fingerprint density at radius 1 is 0.966 bits per heavy atom. The van der Waals surface area contributed by atoms with E-state index in [4.69, 9.17) is 8.92 Å². The molecule has 166 valence electrons. The predicted molar refractivity (Wildman–Crippen MR) is 116 cm³/mol. The van der Waals surface area contributed by atoms with Crippen LogP contribution in [-0.4, -0.2) is 45.7 Å². The van der Waals surface area contributed by atoms with Crippen molar-refractivity contribution in [3.8, 4) is 5.75 Å². The Morgan fingerprint density at radius 3 is 2.17 bits per heavy atom. The molecule has 0 bridgehead atoms.